The number of hydrogen-bond acceptors (Lipinski definition) is 5. The molecule has 3 rings (SSSR count). The minimum absolute atomic E-state index is 0.239. The summed E-state index contributed by atoms with van der Waals surface area (Å²) in [5.41, 5.74) is 1.09. The van der Waals surface area contributed by atoms with Crippen LogP contribution in [-0.2, 0) is 6.61 Å². The molecule has 0 amide bonds. The van der Waals surface area contributed by atoms with Crippen LogP contribution in [0.5, 0.6) is 0 Å². The molecule has 1 aliphatic heterocycles. The minimum Gasteiger partial charge on any atom is -0.429 e. The van der Waals surface area contributed by atoms with Crippen molar-refractivity contribution < 1.29 is 13.9 Å². The SMILES string of the molecule is OCc1nc(-c2ccc(F)cc2)oc1SC1=NC=C(Cl)CC1. The van der Waals surface area contributed by atoms with Crippen LogP contribution in [0.2, 0.25) is 0 Å². The van der Waals surface area contributed by atoms with Gasteiger partial charge < -0.3 is 9.52 Å². The summed E-state index contributed by atoms with van der Waals surface area (Å²) in [5.74, 6) is 0.0176. The maximum atomic E-state index is 13.0. The van der Waals surface area contributed by atoms with E-state index in [1.54, 1.807) is 18.3 Å². The lowest BCUT2D eigenvalue weighted by molar-refractivity contribution is 0.270. The molecule has 114 valence electrons. The van der Waals surface area contributed by atoms with Crippen LogP contribution in [0, 0.1) is 5.82 Å². The molecule has 7 heteroatoms. The van der Waals surface area contributed by atoms with Gasteiger partial charge >= 0.3 is 0 Å². The fourth-order valence-corrected chi connectivity index (χ4v) is 2.93. The number of aromatic nitrogens is 1. The predicted octanol–water partition coefficient (Wildman–Crippen LogP) is 4.34. The Labute approximate surface area is 135 Å². The number of oxazole rings is 1. The summed E-state index contributed by atoms with van der Waals surface area (Å²) >= 11 is 7.20. The topological polar surface area (TPSA) is 58.6 Å². The molecule has 0 bridgehead atoms. The van der Waals surface area contributed by atoms with Gasteiger partial charge in [-0.15, -0.1) is 0 Å². The van der Waals surface area contributed by atoms with Crippen molar-refractivity contribution in [3.8, 4) is 11.5 Å². The smallest absolute Gasteiger partial charge is 0.227 e. The molecule has 2 heterocycles. The second kappa shape index (κ2) is 6.64. The molecule has 0 aliphatic carbocycles. The first-order valence-corrected chi connectivity index (χ1v) is 7.80. The number of hydrogen-bond donors (Lipinski definition) is 1. The molecule has 0 spiro atoms. The number of aliphatic hydroxyl groups is 1. The largest absolute Gasteiger partial charge is 0.429 e. The summed E-state index contributed by atoms with van der Waals surface area (Å²) in [6.07, 6.45) is 3.07. The first kappa shape index (κ1) is 15.3. The van der Waals surface area contributed by atoms with Crippen molar-refractivity contribution in [1.29, 1.82) is 0 Å². The standard InChI is InChI=1S/C15H12ClFN2O2S/c16-10-3-6-13(18-7-10)22-15-12(8-20)19-14(21-15)9-1-4-11(17)5-2-9/h1-2,4-5,7,20H,3,6,8H2. The molecule has 0 radical (unpaired) electrons. The third-order valence-electron chi connectivity index (χ3n) is 3.04. The van der Waals surface area contributed by atoms with E-state index in [1.165, 1.54) is 23.9 Å². The summed E-state index contributed by atoms with van der Waals surface area (Å²) in [6, 6.07) is 5.83. The van der Waals surface area contributed by atoms with E-state index in [9.17, 15) is 9.50 Å². The minimum atomic E-state index is -0.326. The normalized spacial score (nSPS) is 14.7. The van der Waals surface area contributed by atoms with Crippen molar-refractivity contribution >= 4 is 28.4 Å². The highest BCUT2D eigenvalue weighted by Gasteiger charge is 2.18. The van der Waals surface area contributed by atoms with Gasteiger partial charge in [0, 0.05) is 23.2 Å². The second-order valence-corrected chi connectivity index (χ2v) is 6.15. The molecule has 0 saturated heterocycles. The van der Waals surface area contributed by atoms with E-state index in [4.69, 9.17) is 16.0 Å². The molecule has 0 unspecified atom stereocenters. The van der Waals surface area contributed by atoms with Gasteiger partial charge in [0.1, 0.15) is 11.5 Å². The molecule has 4 nitrogen and oxygen atoms in total. The van der Waals surface area contributed by atoms with E-state index in [-0.39, 0.29) is 12.4 Å². The van der Waals surface area contributed by atoms with Crippen LogP contribution >= 0.6 is 23.4 Å². The predicted molar refractivity (Wildman–Crippen MR) is 84.3 cm³/mol. The van der Waals surface area contributed by atoms with Gasteiger partial charge in [0.05, 0.1) is 11.7 Å². The molecule has 1 aliphatic rings. The van der Waals surface area contributed by atoms with Gasteiger partial charge in [-0.1, -0.05) is 11.6 Å². The Hall–Kier alpha value is -1.63. The van der Waals surface area contributed by atoms with Gasteiger partial charge in [-0.3, -0.25) is 4.99 Å². The summed E-state index contributed by atoms with van der Waals surface area (Å²) in [6.45, 7) is -0.239. The molecular formula is C15H12ClFN2O2S. The number of aliphatic imine (C=N–C) groups is 1. The van der Waals surface area contributed by atoms with Crippen LogP contribution in [0.3, 0.4) is 0 Å². The number of thioether (sulfide) groups is 1. The van der Waals surface area contributed by atoms with E-state index < -0.39 is 0 Å². The highest BCUT2D eigenvalue weighted by atomic mass is 35.5. The Morgan fingerprint density at radius 3 is 2.68 bits per heavy atom. The van der Waals surface area contributed by atoms with Crippen molar-refractivity contribution in [2.45, 2.75) is 24.5 Å². The van der Waals surface area contributed by atoms with E-state index in [0.717, 1.165) is 22.9 Å². The van der Waals surface area contributed by atoms with Gasteiger partial charge in [0.25, 0.3) is 0 Å². The van der Waals surface area contributed by atoms with Crippen LogP contribution < -0.4 is 0 Å². The lowest BCUT2D eigenvalue weighted by Gasteiger charge is -2.07. The highest BCUT2D eigenvalue weighted by molar-refractivity contribution is 8.13. The van der Waals surface area contributed by atoms with E-state index in [1.807, 2.05) is 0 Å². The van der Waals surface area contributed by atoms with Crippen LogP contribution in [0.25, 0.3) is 11.5 Å². The molecule has 1 aromatic heterocycles. The monoisotopic (exact) mass is 338 g/mol. The Kier molecular flexibility index (Phi) is 4.61. The van der Waals surface area contributed by atoms with Gasteiger partial charge in [-0.05, 0) is 42.4 Å². The lowest BCUT2D eigenvalue weighted by atomic mass is 10.2. The van der Waals surface area contributed by atoms with Crippen molar-refractivity contribution in [1.82, 2.24) is 4.98 Å². The zero-order valence-electron chi connectivity index (χ0n) is 11.4. The summed E-state index contributed by atoms with van der Waals surface area (Å²) in [4.78, 5) is 8.49. The molecule has 1 N–H and O–H groups in total. The van der Waals surface area contributed by atoms with Crippen LogP contribution in [0.15, 0.2) is 50.0 Å². The number of rotatable bonds is 3. The van der Waals surface area contributed by atoms with Gasteiger partial charge in [0.15, 0.2) is 5.09 Å². The highest BCUT2D eigenvalue weighted by Crippen LogP contribution is 2.33. The van der Waals surface area contributed by atoms with E-state index >= 15 is 0 Å². The summed E-state index contributed by atoms with van der Waals surface area (Å²) in [7, 11) is 0. The van der Waals surface area contributed by atoms with Crippen molar-refractivity contribution in [2.75, 3.05) is 0 Å². The number of benzene rings is 1. The third kappa shape index (κ3) is 3.40. The number of aliphatic hydroxyl groups excluding tert-OH is 1. The number of halogens is 2. The third-order valence-corrected chi connectivity index (χ3v) is 4.38. The second-order valence-electron chi connectivity index (χ2n) is 4.62. The maximum Gasteiger partial charge on any atom is 0.227 e. The molecule has 1 aromatic carbocycles. The van der Waals surface area contributed by atoms with E-state index in [2.05, 4.69) is 9.98 Å². The molecule has 22 heavy (non-hydrogen) atoms. The molecule has 2 aromatic rings. The van der Waals surface area contributed by atoms with Gasteiger partial charge in [0.2, 0.25) is 5.89 Å². The Morgan fingerprint density at radius 2 is 2.05 bits per heavy atom. The van der Waals surface area contributed by atoms with Crippen LogP contribution in [0.4, 0.5) is 4.39 Å². The quantitative estimate of drug-likeness (QED) is 0.904. The van der Waals surface area contributed by atoms with E-state index in [0.29, 0.717) is 22.2 Å². The first-order chi connectivity index (χ1) is 10.7. The zero-order valence-corrected chi connectivity index (χ0v) is 13.0. The van der Waals surface area contributed by atoms with Gasteiger partial charge in [-0.2, -0.15) is 0 Å². The van der Waals surface area contributed by atoms with Crippen LogP contribution in [-0.4, -0.2) is 15.1 Å². The average molecular weight is 339 g/mol. The fraction of sp³-hybridized carbons (Fsp3) is 0.200. The lowest BCUT2D eigenvalue weighted by Crippen LogP contribution is -1.97. The van der Waals surface area contributed by atoms with Crippen molar-refractivity contribution in [3.05, 3.63) is 47.0 Å². The average Bonchev–Trinajstić information content (AvgIpc) is 2.93. The van der Waals surface area contributed by atoms with Crippen LogP contribution in [0.1, 0.15) is 18.5 Å². The van der Waals surface area contributed by atoms with Crippen molar-refractivity contribution in [2.24, 2.45) is 4.99 Å². The summed E-state index contributed by atoms with van der Waals surface area (Å²) in [5, 5.41) is 11.5. The Bertz CT molecular complexity index is 741. The maximum absolute atomic E-state index is 13.0. The summed E-state index contributed by atoms with van der Waals surface area (Å²) < 4.78 is 18.7. The zero-order chi connectivity index (χ0) is 15.5. The Morgan fingerprint density at radius 1 is 1.27 bits per heavy atom. The first-order valence-electron chi connectivity index (χ1n) is 6.61. The molecule has 0 saturated carbocycles. The number of nitrogens with zero attached hydrogens (tertiary/aromatic N) is 2. The molecular weight excluding hydrogens is 327 g/mol. The van der Waals surface area contributed by atoms with Crippen molar-refractivity contribution in [3.63, 3.8) is 0 Å². The number of allylic oxidation sites excluding steroid dienone is 1. The van der Waals surface area contributed by atoms with Gasteiger partial charge in [-0.25, -0.2) is 9.37 Å². The molecule has 0 atom stereocenters. The Balaban J connectivity index is 1.87. The molecule has 0 fully saturated rings. The fourth-order valence-electron chi connectivity index (χ4n) is 1.92.